The Morgan fingerprint density at radius 2 is 2.07 bits per heavy atom. The van der Waals surface area contributed by atoms with Crippen molar-refractivity contribution in [1.82, 2.24) is 20.2 Å². The van der Waals surface area contributed by atoms with Crippen LogP contribution < -0.4 is 14.8 Å². The summed E-state index contributed by atoms with van der Waals surface area (Å²) < 4.78 is 24.8. The average Bonchev–Trinajstić information content (AvgIpc) is 3.22. The van der Waals surface area contributed by atoms with Gasteiger partial charge in [0.15, 0.2) is 0 Å². The van der Waals surface area contributed by atoms with Crippen molar-refractivity contribution in [2.45, 2.75) is 6.42 Å². The van der Waals surface area contributed by atoms with Gasteiger partial charge >= 0.3 is 0 Å². The second-order valence-corrected chi connectivity index (χ2v) is 6.10. The number of nitrogens with zero attached hydrogens (tertiary/aromatic N) is 3. The van der Waals surface area contributed by atoms with E-state index in [0.717, 1.165) is 0 Å². The van der Waals surface area contributed by atoms with E-state index < -0.39 is 0 Å². The van der Waals surface area contributed by atoms with Gasteiger partial charge in [-0.15, -0.1) is 0 Å². The molecule has 2 N–H and O–H groups in total. The van der Waals surface area contributed by atoms with Gasteiger partial charge in [0.2, 0.25) is 5.91 Å². The van der Waals surface area contributed by atoms with Gasteiger partial charge in [-0.25, -0.2) is 4.39 Å². The Kier molecular flexibility index (Phi) is 5.02. The predicted molar refractivity (Wildman–Crippen MR) is 103 cm³/mol. The van der Waals surface area contributed by atoms with E-state index in [1.807, 2.05) is 0 Å². The van der Waals surface area contributed by atoms with Crippen LogP contribution in [0.3, 0.4) is 0 Å². The number of methoxy groups -OCH3 is 1. The Bertz CT molecular complexity index is 1160. The van der Waals surface area contributed by atoms with Crippen LogP contribution >= 0.6 is 0 Å². The fourth-order valence-corrected chi connectivity index (χ4v) is 2.81. The van der Waals surface area contributed by atoms with Gasteiger partial charge in [-0.3, -0.25) is 19.9 Å². The quantitative estimate of drug-likeness (QED) is 0.520. The summed E-state index contributed by atoms with van der Waals surface area (Å²) in [7, 11) is 1.48. The molecule has 0 aliphatic heterocycles. The van der Waals surface area contributed by atoms with Crippen molar-refractivity contribution >= 4 is 22.5 Å². The number of aromatic nitrogens is 4. The first-order valence-electron chi connectivity index (χ1n) is 8.66. The van der Waals surface area contributed by atoms with E-state index in [4.69, 9.17) is 9.47 Å². The molecule has 0 unspecified atom stereocenters. The fraction of sp³-hybridized carbons (Fsp3) is 0.100. The number of carbonyl (C=O) groups is 1. The minimum Gasteiger partial charge on any atom is -0.495 e. The molecule has 0 aliphatic rings. The number of amides is 1. The summed E-state index contributed by atoms with van der Waals surface area (Å²) >= 11 is 0. The summed E-state index contributed by atoms with van der Waals surface area (Å²) in [5.74, 6) is 0.572. The molecule has 0 saturated heterocycles. The van der Waals surface area contributed by atoms with Gasteiger partial charge in [0.25, 0.3) is 0 Å². The van der Waals surface area contributed by atoms with E-state index in [-0.39, 0.29) is 18.1 Å². The zero-order chi connectivity index (χ0) is 20.2. The number of hydrogen-bond acceptors (Lipinski definition) is 6. The van der Waals surface area contributed by atoms with E-state index in [9.17, 15) is 9.18 Å². The van der Waals surface area contributed by atoms with Gasteiger partial charge in [-0.2, -0.15) is 5.10 Å². The monoisotopic (exact) mass is 393 g/mol. The lowest BCUT2D eigenvalue weighted by atomic mass is 10.2. The number of rotatable bonds is 6. The van der Waals surface area contributed by atoms with Gasteiger partial charge in [0.05, 0.1) is 42.8 Å². The van der Waals surface area contributed by atoms with Gasteiger partial charge in [-0.05, 0) is 24.3 Å². The number of hydrogen-bond donors (Lipinski definition) is 2. The number of carbonyl (C=O) groups excluding carboxylic acids is 1. The Balaban J connectivity index is 1.55. The van der Waals surface area contributed by atoms with Crippen LogP contribution in [0.1, 0.15) is 5.69 Å². The first kappa shape index (κ1) is 18.4. The summed E-state index contributed by atoms with van der Waals surface area (Å²) in [4.78, 5) is 20.7. The molecule has 4 aromatic rings. The van der Waals surface area contributed by atoms with Crippen LogP contribution in [0, 0.1) is 5.82 Å². The molecule has 3 aromatic heterocycles. The van der Waals surface area contributed by atoms with Crippen molar-refractivity contribution < 1.29 is 18.7 Å². The Morgan fingerprint density at radius 3 is 2.86 bits per heavy atom. The maximum absolute atomic E-state index is 13.6. The molecule has 1 aromatic carbocycles. The zero-order valence-electron chi connectivity index (χ0n) is 15.3. The minimum atomic E-state index is -0.384. The number of aromatic amines is 1. The highest BCUT2D eigenvalue weighted by Crippen LogP contribution is 2.31. The second kappa shape index (κ2) is 7.93. The van der Waals surface area contributed by atoms with E-state index in [2.05, 4.69) is 25.5 Å². The molecule has 4 rings (SSSR count). The van der Waals surface area contributed by atoms with Gasteiger partial charge in [-0.1, -0.05) is 0 Å². The van der Waals surface area contributed by atoms with Crippen LogP contribution in [-0.2, 0) is 11.2 Å². The molecule has 0 atom stereocenters. The summed E-state index contributed by atoms with van der Waals surface area (Å²) in [5, 5.41) is 9.63. The molecule has 3 heterocycles. The molecule has 0 bridgehead atoms. The molecular formula is C20H16FN5O3. The number of halogens is 1. The molecule has 0 aliphatic carbocycles. The number of H-pyrrole nitrogens is 1. The third-order valence-corrected chi connectivity index (χ3v) is 4.13. The maximum Gasteiger partial charge on any atom is 0.230 e. The van der Waals surface area contributed by atoms with Crippen LogP contribution in [0.4, 0.5) is 10.1 Å². The summed E-state index contributed by atoms with van der Waals surface area (Å²) in [6, 6.07) is 7.54. The third kappa shape index (κ3) is 4.13. The SMILES string of the molecule is COc1cc(Oc2ccnc3ccc(F)cc23)cnc1CC(=O)Nc1cn[nH]c1. The predicted octanol–water partition coefficient (Wildman–Crippen LogP) is 3.47. The normalized spacial score (nSPS) is 10.7. The Labute approximate surface area is 164 Å². The molecule has 9 heteroatoms. The van der Waals surface area contributed by atoms with E-state index in [0.29, 0.717) is 39.5 Å². The summed E-state index contributed by atoms with van der Waals surface area (Å²) in [6.07, 6.45) is 6.14. The second-order valence-electron chi connectivity index (χ2n) is 6.10. The lowest BCUT2D eigenvalue weighted by molar-refractivity contribution is -0.115. The molecular weight excluding hydrogens is 377 g/mol. The van der Waals surface area contributed by atoms with E-state index in [1.54, 1.807) is 30.6 Å². The van der Waals surface area contributed by atoms with Gasteiger partial charge in [0, 0.05) is 23.8 Å². The lowest BCUT2D eigenvalue weighted by Gasteiger charge is -2.12. The van der Waals surface area contributed by atoms with Crippen LogP contribution in [0.15, 0.2) is 55.1 Å². The largest absolute Gasteiger partial charge is 0.495 e. The molecule has 0 radical (unpaired) electrons. The van der Waals surface area contributed by atoms with Crippen molar-refractivity contribution in [3.63, 3.8) is 0 Å². The van der Waals surface area contributed by atoms with Gasteiger partial charge in [0.1, 0.15) is 23.1 Å². The highest BCUT2D eigenvalue weighted by Gasteiger charge is 2.14. The van der Waals surface area contributed by atoms with Crippen molar-refractivity contribution in [2.75, 3.05) is 12.4 Å². The smallest absolute Gasteiger partial charge is 0.230 e. The van der Waals surface area contributed by atoms with Crippen LogP contribution in [0.5, 0.6) is 17.2 Å². The number of nitrogens with one attached hydrogen (secondary N) is 2. The molecule has 29 heavy (non-hydrogen) atoms. The van der Waals surface area contributed by atoms with E-state index in [1.165, 1.54) is 31.6 Å². The highest BCUT2D eigenvalue weighted by molar-refractivity contribution is 5.92. The number of pyridine rings is 2. The summed E-state index contributed by atoms with van der Waals surface area (Å²) in [6.45, 7) is 0. The van der Waals surface area contributed by atoms with Gasteiger partial charge < -0.3 is 14.8 Å². The summed E-state index contributed by atoms with van der Waals surface area (Å²) in [5.41, 5.74) is 1.62. The number of anilines is 1. The first-order valence-corrected chi connectivity index (χ1v) is 8.66. The average molecular weight is 393 g/mol. The zero-order valence-corrected chi connectivity index (χ0v) is 15.3. The van der Waals surface area contributed by atoms with Crippen LogP contribution in [0.2, 0.25) is 0 Å². The van der Waals surface area contributed by atoms with E-state index >= 15 is 0 Å². The molecule has 0 fully saturated rings. The van der Waals surface area contributed by atoms with Crippen molar-refractivity contribution in [3.8, 4) is 17.2 Å². The minimum absolute atomic E-state index is 0.0119. The lowest BCUT2D eigenvalue weighted by Crippen LogP contribution is -2.15. The Morgan fingerprint density at radius 1 is 1.17 bits per heavy atom. The van der Waals surface area contributed by atoms with Crippen LogP contribution in [0.25, 0.3) is 10.9 Å². The maximum atomic E-state index is 13.6. The number of fused-ring (bicyclic) bond motifs is 1. The van der Waals surface area contributed by atoms with Crippen LogP contribution in [-0.4, -0.2) is 33.2 Å². The first-order chi connectivity index (χ1) is 14.1. The Hall–Kier alpha value is -4.01. The van der Waals surface area contributed by atoms with Crippen molar-refractivity contribution in [2.24, 2.45) is 0 Å². The molecule has 146 valence electrons. The van der Waals surface area contributed by atoms with Crippen molar-refractivity contribution in [3.05, 3.63) is 66.6 Å². The van der Waals surface area contributed by atoms with Crippen molar-refractivity contribution in [1.29, 1.82) is 0 Å². The number of benzene rings is 1. The number of ether oxygens (including phenoxy) is 2. The topological polar surface area (TPSA) is 102 Å². The molecule has 0 spiro atoms. The highest BCUT2D eigenvalue weighted by atomic mass is 19.1. The molecule has 8 nitrogen and oxygen atoms in total. The third-order valence-electron chi connectivity index (χ3n) is 4.13. The standard InChI is InChI=1S/C20H16FN5O3/c1-28-19-7-14(11-23-17(19)8-20(27)26-13-9-24-25-10-13)29-18-4-5-22-16-3-2-12(21)6-15(16)18/h2-7,9-11H,8H2,1H3,(H,24,25)(H,26,27). The molecule has 0 saturated carbocycles. The molecule has 1 amide bonds. The fourth-order valence-electron chi connectivity index (χ4n) is 2.81.